The molecule has 0 bridgehead atoms. The SMILES string of the molecule is CC1Cc2c#coc2C=C1C(C)(C)Cc1c[nH]c2ncc(C(C)(C)C)cc12. The Balaban J connectivity index is 1.71. The fraction of sp³-hybridized carbons (Fsp3) is 0.458. The Morgan fingerprint density at radius 1 is 1.26 bits per heavy atom. The second-order valence-electron chi connectivity index (χ2n) is 9.62. The zero-order chi connectivity index (χ0) is 19.4. The monoisotopic (exact) mass is 360 g/mol. The molecule has 3 heterocycles. The maximum Gasteiger partial charge on any atom is 0.151 e. The Morgan fingerprint density at radius 2 is 2.04 bits per heavy atom. The summed E-state index contributed by atoms with van der Waals surface area (Å²) >= 11 is 0. The van der Waals surface area contributed by atoms with E-state index in [0.29, 0.717) is 5.92 Å². The van der Waals surface area contributed by atoms with Crippen LogP contribution in [0.15, 0.2) is 28.5 Å². The zero-order valence-electron chi connectivity index (χ0n) is 17.2. The average Bonchev–Trinajstić information content (AvgIpc) is 3.19. The summed E-state index contributed by atoms with van der Waals surface area (Å²) in [5, 5.41) is 1.24. The molecule has 3 heteroatoms. The number of hydrogen-bond acceptors (Lipinski definition) is 2. The summed E-state index contributed by atoms with van der Waals surface area (Å²) in [5.41, 5.74) is 6.26. The predicted octanol–water partition coefficient (Wildman–Crippen LogP) is 5.90. The van der Waals surface area contributed by atoms with E-state index in [0.717, 1.165) is 29.8 Å². The van der Waals surface area contributed by atoms with E-state index >= 15 is 0 Å². The van der Waals surface area contributed by atoms with Gasteiger partial charge in [0.05, 0.1) is 0 Å². The van der Waals surface area contributed by atoms with Crippen molar-refractivity contribution in [2.45, 2.75) is 59.8 Å². The van der Waals surface area contributed by atoms with E-state index in [-0.39, 0.29) is 10.8 Å². The van der Waals surface area contributed by atoms with E-state index in [2.05, 4.69) is 82.2 Å². The van der Waals surface area contributed by atoms with E-state index in [1.54, 1.807) is 0 Å². The lowest BCUT2D eigenvalue weighted by molar-refractivity contribution is 0.388. The molecule has 1 aliphatic carbocycles. The molecule has 0 aromatic carbocycles. The third-order valence-electron chi connectivity index (χ3n) is 5.88. The van der Waals surface area contributed by atoms with E-state index in [1.165, 1.54) is 22.1 Å². The molecule has 3 nitrogen and oxygen atoms in total. The minimum atomic E-state index is 0.0246. The summed E-state index contributed by atoms with van der Waals surface area (Å²) in [6, 6.07) is 5.40. The number of nitrogens with one attached hydrogen (secondary N) is 1. The molecule has 0 fully saturated rings. The van der Waals surface area contributed by atoms with Gasteiger partial charge in [-0.05, 0) is 58.9 Å². The van der Waals surface area contributed by atoms with E-state index in [4.69, 9.17) is 4.42 Å². The van der Waals surface area contributed by atoms with Gasteiger partial charge < -0.3 is 9.40 Å². The molecule has 0 spiro atoms. The second-order valence-corrected chi connectivity index (χ2v) is 9.62. The molecule has 0 saturated carbocycles. The Kier molecular flexibility index (Phi) is 4.00. The van der Waals surface area contributed by atoms with Crippen molar-refractivity contribution < 1.29 is 4.42 Å². The third kappa shape index (κ3) is 3.18. The minimum absolute atomic E-state index is 0.0246. The number of fused-ring (bicyclic) bond motifs is 2. The Labute approximate surface area is 161 Å². The van der Waals surface area contributed by atoms with Crippen LogP contribution in [0.2, 0.25) is 0 Å². The smallest absolute Gasteiger partial charge is 0.151 e. The van der Waals surface area contributed by atoms with Crippen molar-refractivity contribution in [3.8, 4) is 0 Å². The molecule has 1 N–H and O–H groups in total. The highest BCUT2D eigenvalue weighted by atomic mass is 16.3. The molecular weight excluding hydrogens is 332 g/mol. The third-order valence-corrected chi connectivity index (χ3v) is 5.88. The number of aromatic amines is 1. The van der Waals surface area contributed by atoms with Crippen molar-refractivity contribution >= 4 is 17.1 Å². The van der Waals surface area contributed by atoms with E-state index in [9.17, 15) is 0 Å². The van der Waals surface area contributed by atoms with Crippen LogP contribution in [0.1, 0.15) is 64.0 Å². The standard InChI is InChI=1S/C24H28N2O/c1-15-9-16-7-8-27-21(16)11-20(15)24(5,6)12-17-13-25-22-19(17)10-18(14-26-22)23(2,3)4/h10-11,13-15H,9,12H2,1-6H3,(H,25,26). The fourth-order valence-electron chi connectivity index (χ4n) is 4.29. The Hall–Kier alpha value is -2.47. The number of H-pyrrole nitrogens is 1. The van der Waals surface area contributed by atoms with Gasteiger partial charge in [-0.1, -0.05) is 47.1 Å². The summed E-state index contributed by atoms with van der Waals surface area (Å²) in [5.74, 6) is 1.40. The number of rotatable bonds is 3. The first kappa shape index (κ1) is 17.9. The lowest BCUT2D eigenvalue weighted by atomic mass is 9.70. The van der Waals surface area contributed by atoms with Crippen molar-refractivity contribution in [3.63, 3.8) is 0 Å². The van der Waals surface area contributed by atoms with E-state index < -0.39 is 0 Å². The number of allylic oxidation sites excluding steroid dienone is 1. The summed E-state index contributed by atoms with van der Waals surface area (Å²) in [4.78, 5) is 8.01. The fourth-order valence-corrected chi connectivity index (χ4v) is 4.29. The lowest BCUT2D eigenvalue weighted by Gasteiger charge is -2.34. The minimum Gasteiger partial charge on any atom is -0.406 e. The summed E-state index contributed by atoms with van der Waals surface area (Å²) in [6.07, 6.45) is 11.0. The molecule has 1 unspecified atom stereocenters. The first-order chi connectivity index (χ1) is 12.6. The van der Waals surface area contributed by atoms with Crippen LogP contribution in [0.25, 0.3) is 17.1 Å². The van der Waals surface area contributed by atoms with Gasteiger partial charge in [0.25, 0.3) is 0 Å². The van der Waals surface area contributed by atoms with Crippen LogP contribution in [-0.2, 0) is 18.3 Å². The predicted molar refractivity (Wildman–Crippen MR) is 110 cm³/mol. The molecule has 27 heavy (non-hydrogen) atoms. The van der Waals surface area contributed by atoms with Crippen LogP contribution < -0.4 is 0 Å². The highest BCUT2D eigenvalue weighted by molar-refractivity contribution is 5.80. The molecule has 0 aliphatic heterocycles. The lowest BCUT2D eigenvalue weighted by Crippen LogP contribution is -2.25. The van der Waals surface area contributed by atoms with Gasteiger partial charge in [0, 0.05) is 23.3 Å². The Morgan fingerprint density at radius 3 is 2.78 bits per heavy atom. The van der Waals surface area contributed by atoms with Gasteiger partial charge in [0.1, 0.15) is 11.9 Å². The van der Waals surface area contributed by atoms with Crippen molar-refractivity contribution in [1.29, 1.82) is 0 Å². The van der Waals surface area contributed by atoms with Gasteiger partial charge in [-0.15, -0.1) is 0 Å². The molecule has 3 aromatic rings. The van der Waals surface area contributed by atoms with Gasteiger partial charge >= 0.3 is 0 Å². The molecule has 0 saturated heterocycles. The van der Waals surface area contributed by atoms with Crippen LogP contribution in [-0.4, -0.2) is 9.97 Å². The second kappa shape index (κ2) is 6.02. The maximum atomic E-state index is 5.52. The topological polar surface area (TPSA) is 41.8 Å². The van der Waals surface area contributed by atoms with Crippen LogP contribution in [0.4, 0.5) is 0 Å². The number of pyridine rings is 1. The van der Waals surface area contributed by atoms with Gasteiger partial charge in [-0.2, -0.15) is 0 Å². The number of nitrogens with zero attached hydrogens (tertiary/aromatic N) is 1. The van der Waals surface area contributed by atoms with E-state index in [1.807, 2.05) is 6.20 Å². The maximum absolute atomic E-state index is 5.52. The average molecular weight is 361 g/mol. The zero-order valence-corrected chi connectivity index (χ0v) is 17.2. The molecule has 3 aromatic heterocycles. The van der Waals surface area contributed by atoms with Crippen molar-refractivity contribution in [1.82, 2.24) is 9.97 Å². The van der Waals surface area contributed by atoms with Crippen LogP contribution >= 0.6 is 0 Å². The quantitative estimate of drug-likeness (QED) is 0.632. The molecule has 4 rings (SSSR count). The highest BCUT2D eigenvalue weighted by Crippen LogP contribution is 2.42. The van der Waals surface area contributed by atoms with Gasteiger partial charge in [0.2, 0.25) is 0 Å². The summed E-state index contributed by atoms with van der Waals surface area (Å²) in [6.45, 7) is 13.7. The van der Waals surface area contributed by atoms with Gasteiger partial charge in [-0.3, -0.25) is 0 Å². The number of aromatic nitrogens is 2. The molecule has 0 amide bonds. The summed E-state index contributed by atoms with van der Waals surface area (Å²) < 4.78 is 5.52. The van der Waals surface area contributed by atoms with Crippen molar-refractivity contribution in [3.05, 3.63) is 58.8 Å². The Bertz CT molecular complexity index is 1010. The van der Waals surface area contributed by atoms with Crippen LogP contribution in [0.5, 0.6) is 0 Å². The molecule has 1 aliphatic rings. The van der Waals surface area contributed by atoms with Crippen molar-refractivity contribution in [2.24, 2.45) is 11.3 Å². The largest absolute Gasteiger partial charge is 0.406 e. The first-order valence-corrected chi connectivity index (χ1v) is 9.75. The number of hydrogen-bond donors (Lipinski definition) is 1. The molecule has 1 atom stereocenters. The molecule has 140 valence electrons. The highest BCUT2D eigenvalue weighted by Gasteiger charge is 2.32. The molecule has 0 radical (unpaired) electrons. The van der Waals surface area contributed by atoms with Crippen LogP contribution in [0, 0.1) is 23.7 Å². The summed E-state index contributed by atoms with van der Waals surface area (Å²) in [7, 11) is 0. The first-order valence-electron chi connectivity index (χ1n) is 9.75. The van der Waals surface area contributed by atoms with Crippen molar-refractivity contribution in [2.75, 3.05) is 0 Å². The normalized spacial score (nSPS) is 17.6. The molecular formula is C24H28N2O. The van der Waals surface area contributed by atoms with Crippen LogP contribution in [0.3, 0.4) is 0 Å². The van der Waals surface area contributed by atoms with Gasteiger partial charge in [0.15, 0.2) is 5.76 Å². The van der Waals surface area contributed by atoms with Gasteiger partial charge in [-0.25, -0.2) is 4.98 Å².